The molecule has 1 N–H and O–H groups in total. The molecule has 1 amide bonds. The number of para-hydroxylation sites is 1. The highest BCUT2D eigenvalue weighted by Gasteiger charge is 2.28. The van der Waals surface area contributed by atoms with Gasteiger partial charge in [-0.1, -0.05) is 19.1 Å². The van der Waals surface area contributed by atoms with Gasteiger partial charge in [-0.15, -0.1) is 0 Å². The molecule has 3 heteroatoms. The van der Waals surface area contributed by atoms with Crippen molar-refractivity contribution in [3.05, 3.63) is 35.0 Å². The second-order valence-electron chi connectivity index (χ2n) is 7.45. The van der Waals surface area contributed by atoms with Crippen molar-refractivity contribution in [1.29, 1.82) is 0 Å². The minimum Gasteiger partial charge on any atom is -0.358 e. The summed E-state index contributed by atoms with van der Waals surface area (Å²) < 4.78 is 0. The van der Waals surface area contributed by atoms with E-state index in [1.807, 2.05) is 17.0 Å². The summed E-state index contributed by atoms with van der Waals surface area (Å²) in [5.74, 6) is 1.66. The van der Waals surface area contributed by atoms with E-state index in [-0.39, 0.29) is 5.91 Å². The number of hydrogen-bond donors (Lipinski definition) is 1. The third kappa shape index (κ3) is 2.66. The Bertz CT molecular complexity index is 741. The van der Waals surface area contributed by atoms with Gasteiger partial charge in [0.15, 0.2) is 0 Å². The van der Waals surface area contributed by atoms with Crippen LogP contribution in [0.15, 0.2) is 18.2 Å². The van der Waals surface area contributed by atoms with Crippen LogP contribution in [0.2, 0.25) is 0 Å². The van der Waals surface area contributed by atoms with Gasteiger partial charge in [0, 0.05) is 24.2 Å². The van der Waals surface area contributed by atoms with Crippen molar-refractivity contribution >= 4 is 16.8 Å². The number of rotatable bonds is 4. The number of carbonyl (C=O) groups excluding carboxylic acids is 1. The number of nitrogens with zero attached hydrogens (tertiary/aromatic N) is 1. The molecular weight excluding hydrogens is 284 g/mol. The lowest BCUT2D eigenvalue weighted by Crippen LogP contribution is -2.32. The highest BCUT2D eigenvalue weighted by Crippen LogP contribution is 2.34. The Morgan fingerprint density at radius 2 is 2.13 bits per heavy atom. The fourth-order valence-electron chi connectivity index (χ4n) is 3.93. The zero-order valence-electron chi connectivity index (χ0n) is 14.2. The van der Waals surface area contributed by atoms with E-state index < -0.39 is 0 Å². The fraction of sp³-hybridized carbons (Fsp3) is 0.550. The van der Waals surface area contributed by atoms with Gasteiger partial charge in [0.1, 0.15) is 0 Å². The zero-order valence-corrected chi connectivity index (χ0v) is 14.2. The molecule has 1 unspecified atom stereocenters. The second-order valence-corrected chi connectivity index (χ2v) is 7.45. The molecule has 0 radical (unpaired) electrons. The molecule has 0 aliphatic heterocycles. The van der Waals surface area contributed by atoms with Crippen molar-refractivity contribution in [2.75, 3.05) is 13.1 Å². The van der Waals surface area contributed by atoms with Crippen LogP contribution < -0.4 is 0 Å². The van der Waals surface area contributed by atoms with Crippen LogP contribution in [0, 0.1) is 11.8 Å². The summed E-state index contributed by atoms with van der Waals surface area (Å²) in [5.41, 5.74) is 4.71. The minimum absolute atomic E-state index is 0.191. The molecule has 4 rings (SSSR count). The molecule has 0 bridgehead atoms. The van der Waals surface area contributed by atoms with E-state index in [0.29, 0.717) is 0 Å². The number of hydrogen-bond acceptors (Lipinski definition) is 1. The molecule has 2 aromatic rings. The number of amides is 1. The van der Waals surface area contributed by atoms with Crippen molar-refractivity contribution in [2.45, 2.75) is 46.0 Å². The Balaban J connectivity index is 1.73. The lowest BCUT2D eigenvalue weighted by molar-refractivity contribution is 0.0758. The van der Waals surface area contributed by atoms with Crippen LogP contribution in [0.4, 0.5) is 0 Å². The number of carbonyl (C=O) groups is 1. The molecule has 2 aliphatic rings. The van der Waals surface area contributed by atoms with Crippen molar-refractivity contribution in [2.24, 2.45) is 11.8 Å². The van der Waals surface area contributed by atoms with Gasteiger partial charge < -0.3 is 9.88 Å². The quantitative estimate of drug-likeness (QED) is 0.904. The van der Waals surface area contributed by atoms with E-state index in [0.717, 1.165) is 48.8 Å². The smallest absolute Gasteiger partial charge is 0.255 e. The van der Waals surface area contributed by atoms with Gasteiger partial charge in [0.05, 0.1) is 11.1 Å². The zero-order chi connectivity index (χ0) is 16.0. The molecule has 23 heavy (non-hydrogen) atoms. The molecule has 1 aromatic carbocycles. The Morgan fingerprint density at radius 1 is 1.30 bits per heavy atom. The maximum Gasteiger partial charge on any atom is 0.255 e. The van der Waals surface area contributed by atoms with E-state index in [1.165, 1.54) is 35.9 Å². The first kappa shape index (κ1) is 14.8. The molecule has 0 saturated heterocycles. The fourth-order valence-corrected chi connectivity index (χ4v) is 3.93. The van der Waals surface area contributed by atoms with Crippen LogP contribution in [0.3, 0.4) is 0 Å². The summed E-state index contributed by atoms with van der Waals surface area (Å²) in [6.45, 7) is 6.12. The molecule has 3 nitrogen and oxygen atoms in total. The lowest BCUT2D eigenvalue weighted by atomic mass is 9.87. The maximum absolute atomic E-state index is 13.0. The third-order valence-electron chi connectivity index (χ3n) is 5.54. The number of aromatic amines is 1. The van der Waals surface area contributed by atoms with Gasteiger partial charge in [-0.05, 0) is 62.5 Å². The van der Waals surface area contributed by atoms with E-state index in [2.05, 4.69) is 24.9 Å². The maximum atomic E-state index is 13.0. The summed E-state index contributed by atoms with van der Waals surface area (Å²) in [6, 6.07) is 6.22. The van der Waals surface area contributed by atoms with Gasteiger partial charge in [0.2, 0.25) is 0 Å². The summed E-state index contributed by atoms with van der Waals surface area (Å²) in [7, 11) is 0. The van der Waals surface area contributed by atoms with Crippen LogP contribution >= 0.6 is 0 Å². The molecule has 1 aromatic heterocycles. The molecule has 2 aliphatic carbocycles. The number of aryl methyl sites for hydroxylation is 1. The summed E-state index contributed by atoms with van der Waals surface area (Å²) in [6.07, 6.45) is 6.04. The first-order chi connectivity index (χ1) is 11.2. The first-order valence-electron chi connectivity index (χ1n) is 9.09. The lowest BCUT2D eigenvalue weighted by Gasteiger charge is -2.21. The van der Waals surface area contributed by atoms with Crippen LogP contribution in [0.5, 0.6) is 0 Å². The van der Waals surface area contributed by atoms with Crippen molar-refractivity contribution in [1.82, 2.24) is 9.88 Å². The van der Waals surface area contributed by atoms with Crippen LogP contribution in [-0.4, -0.2) is 28.9 Å². The van der Waals surface area contributed by atoms with E-state index >= 15 is 0 Å². The van der Waals surface area contributed by atoms with Crippen molar-refractivity contribution in [3.63, 3.8) is 0 Å². The molecule has 1 saturated carbocycles. The molecule has 122 valence electrons. The standard InChI is InChI=1S/C20H26N2O/c1-3-22(12-14-8-9-14)20(23)16-6-4-5-15-17-11-13(2)7-10-18(17)21-19(15)16/h4-6,13-14,21H,3,7-12H2,1-2H3. The van der Waals surface area contributed by atoms with Gasteiger partial charge in [-0.3, -0.25) is 4.79 Å². The third-order valence-corrected chi connectivity index (χ3v) is 5.54. The average Bonchev–Trinajstić information content (AvgIpc) is 3.31. The van der Waals surface area contributed by atoms with Gasteiger partial charge >= 0.3 is 0 Å². The molecular formula is C20H26N2O. The molecule has 0 spiro atoms. The van der Waals surface area contributed by atoms with Crippen LogP contribution in [0.25, 0.3) is 10.9 Å². The van der Waals surface area contributed by atoms with E-state index in [1.54, 1.807) is 0 Å². The highest BCUT2D eigenvalue weighted by atomic mass is 16.2. The summed E-state index contributed by atoms with van der Waals surface area (Å²) in [5, 5.41) is 1.26. The average molecular weight is 310 g/mol. The summed E-state index contributed by atoms with van der Waals surface area (Å²) in [4.78, 5) is 18.6. The minimum atomic E-state index is 0.191. The largest absolute Gasteiger partial charge is 0.358 e. The van der Waals surface area contributed by atoms with Crippen LogP contribution in [0.1, 0.15) is 54.7 Å². The monoisotopic (exact) mass is 310 g/mol. The highest BCUT2D eigenvalue weighted by molar-refractivity contribution is 6.06. The number of H-pyrrole nitrogens is 1. The molecule has 1 fully saturated rings. The van der Waals surface area contributed by atoms with Crippen molar-refractivity contribution in [3.8, 4) is 0 Å². The van der Waals surface area contributed by atoms with Gasteiger partial charge in [-0.25, -0.2) is 0 Å². The van der Waals surface area contributed by atoms with Gasteiger partial charge in [0.25, 0.3) is 5.91 Å². The van der Waals surface area contributed by atoms with Gasteiger partial charge in [-0.2, -0.15) is 0 Å². The summed E-state index contributed by atoms with van der Waals surface area (Å²) >= 11 is 0. The molecule has 1 atom stereocenters. The number of fused-ring (bicyclic) bond motifs is 3. The predicted molar refractivity (Wildman–Crippen MR) is 93.8 cm³/mol. The topological polar surface area (TPSA) is 36.1 Å². The van der Waals surface area contributed by atoms with E-state index in [4.69, 9.17) is 0 Å². The predicted octanol–water partition coefficient (Wildman–Crippen LogP) is 4.16. The number of benzene rings is 1. The number of nitrogens with one attached hydrogen (secondary N) is 1. The first-order valence-corrected chi connectivity index (χ1v) is 9.09. The van der Waals surface area contributed by atoms with E-state index in [9.17, 15) is 4.79 Å². The van der Waals surface area contributed by atoms with Crippen LogP contribution in [-0.2, 0) is 12.8 Å². The SMILES string of the molecule is CCN(CC1CC1)C(=O)c1cccc2c3c([nH]c12)CCC(C)C3. The number of aromatic nitrogens is 1. The Labute approximate surface area is 138 Å². The normalized spacial score (nSPS) is 20.5. The molecule has 1 heterocycles. The Morgan fingerprint density at radius 3 is 2.87 bits per heavy atom. The Kier molecular flexibility index (Phi) is 3.67. The second kappa shape index (κ2) is 5.70. The van der Waals surface area contributed by atoms with Crippen molar-refractivity contribution < 1.29 is 4.79 Å². The Hall–Kier alpha value is -1.77.